The normalized spacial score (nSPS) is 15.3. The number of fused-ring (bicyclic) bond motifs is 1. The Hall–Kier alpha value is -3.32. The Morgan fingerprint density at radius 2 is 2.00 bits per heavy atom. The average molecular weight is 445 g/mol. The lowest BCUT2D eigenvalue weighted by Gasteiger charge is -2.21. The minimum atomic E-state index is -0.257. The van der Waals surface area contributed by atoms with Crippen molar-refractivity contribution in [3.63, 3.8) is 0 Å². The minimum Gasteiger partial charge on any atom is -0.360 e. The predicted molar refractivity (Wildman–Crippen MR) is 125 cm³/mol. The first-order chi connectivity index (χ1) is 15.7. The molecule has 1 aliphatic carbocycles. The Kier molecular flexibility index (Phi) is 5.81. The van der Waals surface area contributed by atoms with Crippen molar-refractivity contribution in [1.82, 2.24) is 14.9 Å². The summed E-state index contributed by atoms with van der Waals surface area (Å²) in [6.07, 6.45) is 8.11. The summed E-state index contributed by atoms with van der Waals surface area (Å²) in [5.74, 6) is 0.939. The number of hydrogen-bond donors (Lipinski definition) is 1. The second kappa shape index (κ2) is 9.04. The molecule has 7 heteroatoms. The molecule has 1 amide bonds. The van der Waals surface area contributed by atoms with Crippen molar-refractivity contribution < 1.29 is 9.32 Å². The van der Waals surface area contributed by atoms with Gasteiger partial charge in [-0.25, -0.2) is 0 Å². The zero-order valence-corrected chi connectivity index (χ0v) is 18.6. The van der Waals surface area contributed by atoms with E-state index in [1.807, 2.05) is 16.9 Å². The van der Waals surface area contributed by atoms with E-state index < -0.39 is 0 Å². The van der Waals surface area contributed by atoms with Gasteiger partial charge in [-0.3, -0.25) is 9.48 Å². The number of aromatic nitrogens is 3. The van der Waals surface area contributed by atoms with Crippen molar-refractivity contribution in [2.45, 2.75) is 36.6 Å². The number of nitrogens with one attached hydrogen (secondary N) is 1. The number of carbonyl (C=O) groups is 1. The van der Waals surface area contributed by atoms with Gasteiger partial charge in [0.2, 0.25) is 0 Å². The molecular formula is C25H24N4O2S. The van der Waals surface area contributed by atoms with Gasteiger partial charge < -0.3 is 9.84 Å². The molecule has 0 fully saturated rings. The van der Waals surface area contributed by atoms with Crippen LogP contribution in [0.5, 0.6) is 0 Å². The van der Waals surface area contributed by atoms with Crippen molar-refractivity contribution >= 4 is 23.4 Å². The maximum absolute atomic E-state index is 13.0. The highest BCUT2D eigenvalue weighted by atomic mass is 32.2. The SMILES string of the molecule is CSc1ccc(Cn2cc(NC(=O)c3noc4c3CC(c3ccccc3)CC4)cn2)cc1. The molecule has 1 unspecified atom stereocenters. The van der Waals surface area contributed by atoms with Crippen LogP contribution < -0.4 is 5.32 Å². The Balaban J connectivity index is 1.27. The average Bonchev–Trinajstić information content (AvgIpc) is 3.46. The zero-order valence-electron chi connectivity index (χ0n) is 17.8. The van der Waals surface area contributed by atoms with Crippen molar-refractivity contribution in [3.05, 3.63) is 95.1 Å². The summed E-state index contributed by atoms with van der Waals surface area (Å²) >= 11 is 1.72. The van der Waals surface area contributed by atoms with E-state index in [4.69, 9.17) is 4.52 Å². The molecule has 0 radical (unpaired) electrons. The number of benzene rings is 2. The second-order valence-electron chi connectivity index (χ2n) is 8.01. The predicted octanol–water partition coefficient (Wildman–Crippen LogP) is 5.17. The van der Waals surface area contributed by atoms with E-state index in [0.29, 0.717) is 23.8 Å². The lowest BCUT2D eigenvalue weighted by atomic mass is 9.82. The zero-order chi connectivity index (χ0) is 21.9. The van der Waals surface area contributed by atoms with E-state index in [0.717, 1.165) is 36.1 Å². The topological polar surface area (TPSA) is 73.0 Å². The summed E-state index contributed by atoms with van der Waals surface area (Å²) in [5, 5.41) is 11.4. The number of nitrogens with zero attached hydrogens (tertiary/aromatic N) is 3. The smallest absolute Gasteiger partial charge is 0.278 e. The van der Waals surface area contributed by atoms with Gasteiger partial charge in [-0.1, -0.05) is 47.6 Å². The molecule has 2 aromatic carbocycles. The number of carbonyl (C=O) groups excluding carboxylic acids is 1. The van der Waals surface area contributed by atoms with Gasteiger partial charge >= 0.3 is 0 Å². The summed E-state index contributed by atoms with van der Waals surface area (Å²) in [7, 11) is 0. The van der Waals surface area contributed by atoms with Crippen molar-refractivity contribution in [2.24, 2.45) is 0 Å². The van der Waals surface area contributed by atoms with Crippen LogP contribution >= 0.6 is 11.8 Å². The summed E-state index contributed by atoms with van der Waals surface area (Å²) in [6, 6.07) is 18.8. The van der Waals surface area contributed by atoms with E-state index in [-0.39, 0.29) is 5.91 Å². The van der Waals surface area contributed by atoms with Crippen molar-refractivity contribution in [2.75, 3.05) is 11.6 Å². The van der Waals surface area contributed by atoms with Gasteiger partial charge in [-0.15, -0.1) is 11.8 Å². The number of amides is 1. The molecule has 1 aliphatic rings. The molecule has 0 spiro atoms. The van der Waals surface area contributed by atoms with E-state index in [9.17, 15) is 4.79 Å². The molecule has 0 bridgehead atoms. The lowest BCUT2D eigenvalue weighted by molar-refractivity contribution is 0.101. The van der Waals surface area contributed by atoms with E-state index >= 15 is 0 Å². The molecule has 0 saturated heterocycles. The van der Waals surface area contributed by atoms with Gasteiger partial charge in [-0.05, 0) is 48.3 Å². The van der Waals surface area contributed by atoms with Crippen molar-refractivity contribution in [1.29, 1.82) is 0 Å². The quantitative estimate of drug-likeness (QED) is 0.416. The standard InChI is InChI=1S/C25H24N4O2S/c1-32-21-10-7-17(8-11-21)15-29-16-20(14-26-29)27-25(30)24-22-13-19(9-12-23(22)31-28-24)18-5-3-2-4-6-18/h2-8,10-11,14,16,19H,9,12-13,15H2,1H3,(H,27,30). The molecule has 4 aromatic rings. The monoisotopic (exact) mass is 444 g/mol. The number of thioether (sulfide) groups is 1. The summed E-state index contributed by atoms with van der Waals surface area (Å²) < 4.78 is 7.31. The molecular weight excluding hydrogens is 420 g/mol. The van der Waals surface area contributed by atoms with Crippen LogP contribution in [0.2, 0.25) is 0 Å². The fourth-order valence-corrected chi connectivity index (χ4v) is 4.62. The third-order valence-electron chi connectivity index (χ3n) is 5.92. The fraction of sp³-hybridized carbons (Fsp3) is 0.240. The van der Waals surface area contributed by atoms with Crippen LogP contribution in [0.4, 0.5) is 5.69 Å². The fourth-order valence-electron chi connectivity index (χ4n) is 4.21. The Labute approximate surface area is 191 Å². The van der Waals surface area contributed by atoms with Gasteiger partial charge in [0.15, 0.2) is 5.69 Å². The Morgan fingerprint density at radius 3 is 2.78 bits per heavy atom. The van der Waals surface area contributed by atoms with Gasteiger partial charge in [0.05, 0.1) is 18.4 Å². The third kappa shape index (κ3) is 4.34. The van der Waals surface area contributed by atoms with Gasteiger partial charge in [0, 0.05) is 23.1 Å². The number of aryl methyl sites for hydroxylation is 1. The highest BCUT2D eigenvalue weighted by molar-refractivity contribution is 7.98. The second-order valence-corrected chi connectivity index (χ2v) is 8.89. The molecule has 2 heterocycles. The first-order valence-electron chi connectivity index (χ1n) is 10.7. The molecule has 0 saturated carbocycles. The molecule has 5 rings (SSSR count). The molecule has 2 aromatic heterocycles. The van der Waals surface area contributed by atoms with E-state index in [2.05, 4.69) is 70.4 Å². The van der Waals surface area contributed by atoms with Crippen LogP contribution in [0, 0.1) is 0 Å². The summed E-state index contributed by atoms with van der Waals surface area (Å²) in [4.78, 5) is 14.2. The van der Waals surface area contributed by atoms with E-state index in [1.54, 1.807) is 18.0 Å². The first kappa shape index (κ1) is 20.6. The molecule has 1 N–H and O–H groups in total. The highest BCUT2D eigenvalue weighted by Gasteiger charge is 2.29. The van der Waals surface area contributed by atoms with Crippen LogP contribution in [0.25, 0.3) is 0 Å². The third-order valence-corrected chi connectivity index (χ3v) is 6.66. The first-order valence-corrected chi connectivity index (χ1v) is 11.9. The van der Waals surface area contributed by atoms with Gasteiger partial charge in [0.1, 0.15) is 5.76 Å². The van der Waals surface area contributed by atoms with Gasteiger partial charge in [-0.2, -0.15) is 5.10 Å². The van der Waals surface area contributed by atoms with E-state index in [1.165, 1.54) is 10.5 Å². The summed E-state index contributed by atoms with van der Waals surface area (Å²) in [6.45, 7) is 0.642. The maximum atomic E-state index is 13.0. The van der Waals surface area contributed by atoms with Crippen molar-refractivity contribution in [3.8, 4) is 0 Å². The Morgan fingerprint density at radius 1 is 1.19 bits per heavy atom. The Bertz CT molecular complexity index is 1210. The molecule has 1 atom stereocenters. The molecule has 6 nitrogen and oxygen atoms in total. The largest absolute Gasteiger partial charge is 0.360 e. The van der Waals surface area contributed by atoms with Crippen LogP contribution in [-0.4, -0.2) is 27.1 Å². The van der Waals surface area contributed by atoms with Crippen LogP contribution in [0.15, 0.2) is 76.4 Å². The molecule has 162 valence electrons. The number of hydrogen-bond acceptors (Lipinski definition) is 5. The molecule has 0 aliphatic heterocycles. The maximum Gasteiger partial charge on any atom is 0.278 e. The number of anilines is 1. The lowest BCUT2D eigenvalue weighted by Crippen LogP contribution is -2.18. The minimum absolute atomic E-state index is 0.257. The van der Waals surface area contributed by atoms with Crippen LogP contribution in [0.3, 0.4) is 0 Å². The molecule has 32 heavy (non-hydrogen) atoms. The van der Waals surface area contributed by atoms with Crippen LogP contribution in [0.1, 0.15) is 45.3 Å². The van der Waals surface area contributed by atoms with Crippen LogP contribution in [-0.2, 0) is 19.4 Å². The highest BCUT2D eigenvalue weighted by Crippen LogP contribution is 2.34. The van der Waals surface area contributed by atoms with Gasteiger partial charge in [0.25, 0.3) is 5.91 Å². The summed E-state index contributed by atoms with van der Waals surface area (Å²) in [5.41, 5.74) is 4.38. The number of rotatable bonds is 6.